The minimum atomic E-state index is 0.298. The summed E-state index contributed by atoms with van der Waals surface area (Å²) in [6.45, 7) is 6.48. The van der Waals surface area contributed by atoms with Crippen LogP contribution in [0.3, 0.4) is 0 Å². The van der Waals surface area contributed by atoms with Crippen molar-refractivity contribution in [3.8, 4) is 5.75 Å². The van der Waals surface area contributed by atoms with E-state index >= 15 is 0 Å². The Morgan fingerprint density at radius 2 is 2.05 bits per heavy atom. The molecule has 0 bridgehead atoms. The Hall–Kier alpha value is -1.22. The average molecular weight is 290 g/mol. The van der Waals surface area contributed by atoms with E-state index in [-0.39, 0.29) is 0 Å². The number of anilines is 1. The lowest BCUT2D eigenvalue weighted by atomic mass is 10.0. The van der Waals surface area contributed by atoms with Crippen molar-refractivity contribution < 1.29 is 4.74 Å². The van der Waals surface area contributed by atoms with Crippen LogP contribution in [-0.2, 0) is 0 Å². The van der Waals surface area contributed by atoms with Crippen LogP contribution in [-0.4, -0.2) is 27.2 Å². The zero-order valence-electron chi connectivity index (χ0n) is 14.0. The molecule has 0 amide bonds. The number of hydrogen-bond donors (Lipinski definition) is 1. The maximum atomic E-state index is 5.61. The third-order valence-corrected chi connectivity index (χ3v) is 4.62. The van der Waals surface area contributed by atoms with E-state index in [1.165, 1.54) is 36.9 Å². The highest BCUT2D eigenvalue weighted by atomic mass is 16.5. The molecule has 3 heteroatoms. The van der Waals surface area contributed by atoms with Crippen molar-refractivity contribution in [3.63, 3.8) is 0 Å². The highest BCUT2D eigenvalue weighted by molar-refractivity contribution is 5.60. The maximum absolute atomic E-state index is 5.61. The van der Waals surface area contributed by atoms with Crippen molar-refractivity contribution in [3.05, 3.63) is 23.8 Å². The molecular formula is C18H30N2O. The van der Waals surface area contributed by atoms with Gasteiger partial charge in [0.2, 0.25) is 0 Å². The summed E-state index contributed by atoms with van der Waals surface area (Å²) in [6.07, 6.45) is 5.56. The smallest absolute Gasteiger partial charge is 0.125 e. The van der Waals surface area contributed by atoms with Crippen molar-refractivity contribution in [1.29, 1.82) is 0 Å². The second kappa shape index (κ2) is 7.69. The topological polar surface area (TPSA) is 24.5 Å². The Labute approximate surface area is 129 Å². The molecule has 3 nitrogen and oxygen atoms in total. The average Bonchev–Trinajstić information content (AvgIpc) is 2.99. The van der Waals surface area contributed by atoms with Crippen LogP contribution in [0.25, 0.3) is 0 Å². The second-order valence-electron chi connectivity index (χ2n) is 6.20. The van der Waals surface area contributed by atoms with Gasteiger partial charge in [0, 0.05) is 30.9 Å². The van der Waals surface area contributed by atoms with Crippen molar-refractivity contribution in [2.75, 3.05) is 32.1 Å². The van der Waals surface area contributed by atoms with Crippen molar-refractivity contribution in [2.24, 2.45) is 5.92 Å². The van der Waals surface area contributed by atoms with E-state index in [1.54, 1.807) is 7.11 Å². The number of hydrogen-bond acceptors (Lipinski definition) is 3. The molecule has 1 atom stereocenters. The van der Waals surface area contributed by atoms with Gasteiger partial charge in [-0.05, 0) is 44.4 Å². The lowest BCUT2D eigenvalue weighted by Gasteiger charge is -2.29. The lowest BCUT2D eigenvalue weighted by Crippen LogP contribution is -2.27. The molecule has 1 unspecified atom stereocenters. The number of benzene rings is 1. The molecule has 1 N–H and O–H groups in total. The maximum Gasteiger partial charge on any atom is 0.125 e. The Morgan fingerprint density at radius 3 is 2.67 bits per heavy atom. The largest absolute Gasteiger partial charge is 0.496 e. The predicted molar refractivity (Wildman–Crippen MR) is 90.3 cm³/mol. The van der Waals surface area contributed by atoms with Gasteiger partial charge in [0.1, 0.15) is 5.75 Å². The van der Waals surface area contributed by atoms with Gasteiger partial charge in [-0.3, -0.25) is 0 Å². The van der Waals surface area contributed by atoms with Gasteiger partial charge in [-0.2, -0.15) is 0 Å². The van der Waals surface area contributed by atoms with Crippen LogP contribution in [0, 0.1) is 5.92 Å². The van der Waals surface area contributed by atoms with Crippen LogP contribution in [0.4, 0.5) is 5.69 Å². The number of nitrogens with one attached hydrogen (secondary N) is 1. The fourth-order valence-corrected chi connectivity index (χ4v) is 3.57. The van der Waals surface area contributed by atoms with E-state index in [9.17, 15) is 0 Å². The molecular weight excluding hydrogens is 260 g/mol. The Bertz CT molecular complexity index is 441. The van der Waals surface area contributed by atoms with Gasteiger partial charge in [0.05, 0.1) is 7.11 Å². The van der Waals surface area contributed by atoms with Crippen LogP contribution in [0.15, 0.2) is 18.2 Å². The molecule has 118 valence electrons. The minimum absolute atomic E-state index is 0.298. The van der Waals surface area contributed by atoms with Crippen LogP contribution in [0.5, 0.6) is 5.75 Å². The fourth-order valence-electron chi connectivity index (χ4n) is 3.57. The number of rotatable bonds is 7. The molecule has 1 saturated carbocycles. The van der Waals surface area contributed by atoms with E-state index in [1.807, 2.05) is 0 Å². The summed E-state index contributed by atoms with van der Waals surface area (Å²) in [7, 11) is 3.98. The molecule has 2 rings (SSSR count). The van der Waals surface area contributed by atoms with Gasteiger partial charge in [0.15, 0.2) is 0 Å². The van der Waals surface area contributed by atoms with E-state index in [2.05, 4.69) is 49.3 Å². The Kier molecular flexibility index (Phi) is 5.92. The Morgan fingerprint density at radius 1 is 1.33 bits per heavy atom. The van der Waals surface area contributed by atoms with Gasteiger partial charge in [0.25, 0.3) is 0 Å². The quantitative estimate of drug-likeness (QED) is 0.821. The highest BCUT2D eigenvalue weighted by Crippen LogP contribution is 2.35. The molecule has 0 aliphatic heterocycles. The number of methoxy groups -OCH3 is 1. The summed E-state index contributed by atoms with van der Waals surface area (Å²) < 4.78 is 5.61. The summed E-state index contributed by atoms with van der Waals surface area (Å²) in [6, 6.07) is 6.69. The summed E-state index contributed by atoms with van der Waals surface area (Å²) in [5.41, 5.74) is 2.58. The van der Waals surface area contributed by atoms with Gasteiger partial charge in [-0.15, -0.1) is 0 Å². The molecule has 0 radical (unpaired) electrons. The first-order valence-electron chi connectivity index (χ1n) is 8.28. The third-order valence-electron chi connectivity index (χ3n) is 4.62. The molecule has 0 aromatic heterocycles. The molecule has 1 aliphatic rings. The SMILES string of the molecule is CCNC(C)c1c(OC)cccc1N(C)CC1CCCC1. The molecule has 1 aromatic rings. The zero-order chi connectivity index (χ0) is 15.2. The van der Waals surface area contributed by atoms with Crippen LogP contribution in [0.2, 0.25) is 0 Å². The van der Waals surface area contributed by atoms with Crippen molar-refractivity contribution in [2.45, 2.75) is 45.6 Å². The Balaban J connectivity index is 2.23. The third kappa shape index (κ3) is 3.91. The number of ether oxygens (including phenoxy) is 1. The van der Waals surface area contributed by atoms with E-state index in [0.717, 1.165) is 24.8 Å². The zero-order valence-corrected chi connectivity index (χ0v) is 14.0. The van der Waals surface area contributed by atoms with Crippen LogP contribution in [0.1, 0.15) is 51.1 Å². The first-order valence-corrected chi connectivity index (χ1v) is 8.28. The van der Waals surface area contributed by atoms with Crippen LogP contribution >= 0.6 is 0 Å². The molecule has 21 heavy (non-hydrogen) atoms. The normalized spacial score (nSPS) is 17.0. The van der Waals surface area contributed by atoms with E-state index in [0.29, 0.717) is 6.04 Å². The fraction of sp³-hybridized carbons (Fsp3) is 0.667. The van der Waals surface area contributed by atoms with Gasteiger partial charge in [-0.25, -0.2) is 0 Å². The summed E-state index contributed by atoms with van der Waals surface area (Å²) in [4.78, 5) is 2.42. The first kappa shape index (κ1) is 16.2. The molecule has 1 fully saturated rings. The van der Waals surface area contributed by atoms with Gasteiger partial charge in [-0.1, -0.05) is 25.8 Å². The molecule has 1 aromatic carbocycles. The standard InChI is InChI=1S/C18H30N2O/c1-5-19-14(2)18-16(11-8-12-17(18)21-4)20(3)13-15-9-6-7-10-15/h8,11-12,14-15,19H,5-7,9-10,13H2,1-4H3. The monoisotopic (exact) mass is 290 g/mol. The summed E-state index contributed by atoms with van der Waals surface area (Å²) >= 11 is 0. The molecule has 0 heterocycles. The number of nitrogens with zero attached hydrogens (tertiary/aromatic N) is 1. The van der Waals surface area contributed by atoms with Crippen LogP contribution < -0.4 is 15.0 Å². The first-order chi connectivity index (χ1) is 10.2. The summed E-state index contributed by atoms with van der Waals surface area (Å²) in [5.74, 6) is 1.84. The highest BCUT2D eigenvalue weighted by Gasteiger charge is 2.21. The molecule has 1 aliphatic carbocycles. The lowest BCUT2D eigenvalue weighted by molar-refractivity contribution is 0.402. The molecule has 0 saturated heterocycles. The predicted octanol–water partition coefficient (Wildman–Crippen LogP) is 3.99. The van der Waals surface area contributed by atoms with Gasteiger partial charge >= 0.3 is 0 Å². The van der Waals surface area contributed by atoms with Crippen molar-refractivity contribution >= 4 is 5.69 Å². The minimum Gasteiger partial charge on any atom is -0.496 e. The van der Waals surface area contributed by atoms with Gasteiger partial charge < -0.3 is 15.0 Å². The van der Waals surface area contributed by atoms with Crippen molar-refractivity contribution in [1.82, 2.24) is 5.32 Å². The summed E-state index contributed by atoms with van der Waals surface area (Å²) in [5, 5.41) is 3.52. The molecule has 0 spiro atoms. The van der Waals surface area contributed by atoms with E-state index in [4.69, 9.17) is 4.74 Å². The van der Waals surface area contributed by atoms with E-state index < -0.39 is 0 Å². The second-order valence-corrected chi connectivity index (χ2v) is 6.20.